The predicted octanol–water partition coefficient (Wildman–Crippen LogP) is 5.79. The average Bonchev–Trinajstić information content (AvgIpc) is 3.13. The third-order valence-corrected chi connectivity index (χ3v) is 8.22. The zero-order valence-corrected chi connectivity index (χ0v) is 25.7. The fourth-order valence-corrected chi connectivity index (χ4v) is 5.71. The number of benzene rings is 3. The zero-order chi connectivity index (χ0) is 31.7. The Labute approximate surface area is 269 Å². The van der Waals surface area contributed by atoms with Crippen molar-refractivity contribution >= 4 is 17.9 Å². The van der Waals surface area contributed by atoms with Crippen LogP contribution >= 0.6 is 0 Å². The molecule has 0 bridgehead atoms. The molecule has 6 rings (SSSR count). The van der Waals surface area contributed by atoms with Crippen molar-refractivity contribution in [3.8, 4) is 17.1 Å². The molecular weight excluding hydrogens is 574 g/mol. The van der Waals surface area contributed by atoms with Crippen LogP contribution in [0.4, 0.5) is 0 Å². The number of rotatable bonds is 10. The summed E-state index contributed by atoms with van der Waals surface area (Å²) in [5.74, 6) is 0.162. The fraction of sp³-hybridized carbons (Fsp3) is 0.184. The maximum atomic E-state index is 14.5. The summed E-state index contributed by atoms with van der Waals surface area (Å²) < 4.78 is 5.17. The number of amides is 2. The number of aromatic nitrogens is 3. The summed E-state index contributed by atoms with van der Waals surface area (Å²) in [5, 5.41) is 8.20. The van der Waals surface area contributed by atoms with Crippen molar-refractivity contribution in [2.45, 2.75) is 32.0 Å². The van der Waals surface area contributed by atoms with Crippen LogP contribution in [0.25, 0.3) is 17.3 Å². The van der Waals surface area contributed by atoms with Gasteiger partial charge in [0.1, 0.15) is 6.04 Å². The lowest BCUT2D eigenvalue weighted by Crippen LogP contribution is -2.52. The molecule has 0 unspecified atom stereocenters. The van der Waals surface area contributed by atoms with Gasteiger partial charge in [0.05, 0.1) is 12.8 Å². The van der Waals surface area contributed by atoms with E-state index < -0.39 is 6.04 Å². The van der Waals surface area contributed by atoms with Gasteiger partial charge >= 0.3 is 0 Å². The topological polar surface area (TPSA) is 88.5 Å². The Balaban J connectivity index is 1.34. The van der Waals surface area contributed by atoms with Gasteiger partial charge in [0.25, 0.3) is 0 Å². The summed E-state index contributed by atoms with van der Waals surface area (Å²) in [6, 6.07) is 32.6. The molecule has 230 valence electrons. The number of carbonyl (C=O) groups excluding carboxylic acids is 2. The predicted molar refractivity (Wildman–Crippen MR) is 177 cm³/mol. The SMILES string of the molecule is COc1ccc(/C=C/C(=O)N(Cc2ccc(-c3cccnn3)cc2)[C@@H](Cc2ccccc2)C(=O)N2CCc3ccccc3C2)cn1. The number of fused-ring (bicyclic) bond motifs is 1. The van der Waals surface area contributed by atoms with Crippen molar-refractivity contribution in [2.24, 2.45) is 0 Å². The molecule has 3 aromatic carbocycles. The number of pyridine rings is 1. The van der Waals surface area contributed by atoms with Gasteiger partial charge < -0.3 is 14.5 Å². The van der Waals surface area contributed by atoms with Crippen LogP contribution in [0.1, 0.15) is 27.8 Å². The van der Waals surface area contributed by atoms with Gasteiger partial charge in [-0.05, 0) is 58.5 Å². The van der Waals surface area contributed by atoms with E-state index in [4.69, 9.17) is 4.74 Å². The van der Waals surface area contributed by atoms with Crippen LogP contribution in [-0.2, 0) is 35.5 Å². The molecule has 1 atom stereocenters. The Morgan fingerprint density at radius 1 is 0.891 bits per heavy atom. The van der Waals surface area contributed by atoms with Crippen molar-refractivity contribution in [2.75, 3.05) is 13.7 Å². The fourth-order valence-electron chi connectivity index (χ4n) is 5.71. The summed E-state index contributed by atoms with van der Waals surface area (Å²) in [6.07, 6.45) is 7.70. The molecule has 46 heavy (non-hydrogen) atoms. The Kier molecular flexibility index (Phi) is 9.54. The quantitative estimate of drug-likeness (QED) is 0.187. The van der Waals surface area contributed by atoms with Crippen LogP contribution in [0.15, 0.2) is 122 Å². The number of methoxy groups -OCH3 is 1. The van der Waals surface area contributed by atoms with Gasteiger partial charge in [-0.1, -0.05) is 78.9 Å². The second kappa shape index (κ2) is 14.4. The summed E-state index contributed by atoms with van der Waals surface area (Å²) in [6.45, 7) is 1.37. The van der Waals surface area contributed by atoms with Crippen LogP contribution in [0, 0.1) is 0 Å². The third kappa shape index (κ3) is 7.35. The van der Waals surface area contributed by atoms with Gasteiger partial charge in [0.2, 0.25) is 17.7 Å². The lowest BCUT2D eigenvalue weighted by atomic mass is 9.97. The van der Waals surface area contributed by atoms with Crippen molar-refractivity contribution < 1.29 is 14.3 Å². The van der Waals surface area contributed by atoms with E-state index in [1.54, 1.807) is 36.5 Å². The van der Waals surface area contributed by atoms with Crippen LogP contribution in [0.3, 0.4) is 0 Å². The van der Waals surface area contributed by atoms with E-state index in [2.05, 4.69) is 27.3 Å². The van der Waals surface area contributed by atoms with Gasteiger partial charge in [-0.2, -0.15) is 10.2 Å². The van der Waals surface area contributed by atoms with Crippen LogP contribution in [0.5, 0.6) is 5.88 Å². The van der Waals surface area contributed by atoms with Gasteiger partial charge in [-0.3, -0.25) is 9.59 Å². The molecule has 1 aliphatic rings. The lowest BCUT2D eigenvalue weighted by molar-refractivity contribution is -0.144. The first kappa shape index (κ1) is 30.4. The van der Waals surface area contributed by atoms with E-state index >= 15 is 0 Å². The van der Waals surface area contributed by atoms with E-state index in [-0.39, 0.29) is 18.4 Å². The first-order valence-electron chi connectivity index (χ1n) is 15.3. The third-order valence-electron chi connectivity index (χ3n) is 8.22. The molecule has 0 saturated heterocycles. The van der Waals surface area contributed by atoms with Gasteiger partial charge in [0, 0.05) is 56.2 Å². The standard InChI is InChI=1S/C38H35N5O3/c1-46-36-19-15-29(25-39-36)16-20-37(44)43(26-30-13-17-32(18-14-30)34-12-7-22-40-41-34)35(24-28-8-3-2-4-9-28)38(45)42-23-21-31-10-5-6-11-33(31)27-42/h2-20,22,25,35H,21,23-24,26-27H2,1H3/b20-16+/t35-/m0/s1. The minimum Gasteiger partial charge on any atom is -0.481 e. The Morgan fingerprint density at radius 3 is 2.39 bits per heavy atom. The minimum atomic E-state index is -0.724. The molecule has 0 radical (unpaired) electrons. The molecule has 0 aliphatic carbocycles. The smallest absolute Gasteiger partial charge is 0.247 e. The molecule has 0 fully saturated rings. The van der Waals surface area contributed by atoms with Crippen molar-refractivity contribution in [1.82, 2.24) is 25.0 Å². The highest BCUT2D eigenvalue weighted by atomic mass is 16.5. The van der Waals surface area contributed by atoms with Crippen molar-refractivity contribution in [3.63, 3.8) is 0 Å². The second-order valence-electron chi connectivity index (χ2n) is 11.2. The average molecular weight is 610 g/mol. The summed E-state index contributed by atoms with van der Waals surface area (Å²) in [4.78, 5) is 36.5. The number of hydrogen-bond acceptors (Lipinski definition) is 6. The highest BCUT2D eigenvalue weighted by Crippen LogP contribution is 2.24. The Hall–Kier alpha value is -5.63. The molecule has 2 amide bonds. The molecule has 8 nitrogen and oxygen atoms in total. The minimum absolute atomic E-state index is 0.0672. The van der Waals surface area contributed by atoms with Gasteiger partial charge in [0.15, 0.2) is 0 Å². The monoisotopic (exact) mass is 609 g/mol. The van der Waals surface area contributed by atoms with Crippen molar-refractivity contribution in [3.05, 3.63) is 149 Å². The first-order chi connectivity index (χ1) is 22.6. The molecule has 8 heteroatoms. The number of ether oxygens (including phenoxy) is 1. The van der Waals surface area contributed by atoms with E-state index in [0.29, 0.717) is 25.4 Å². The van der Waals surface area contributed by atoms with E-state index in [1.165, 1.54) is 11.6 Å². The van der Waals surface area contributed by atoms with Crippen molar-refractivity contribution in [1.29, 1.82) is 0 Å². The van der Waals surface area contributed by atoms with Crippen LogP contribution in [-0.4, -0.2) is 56.5 Å². The molecule has 3 heterocycles. The molecular formula is C38H35N5O3. The van der Waals surface area contributed by atoms with Crippen LogP contribution < -0.4 is 4.74 Å². The van der Waals surface area contributed by atoms with Crippen LogP contribution in [0.2, 0.25) is 0 Å². The van der Waals surface area contributed by atoms with E-state index in [9.17, 15) is 9.59 Å². The Morgan fingerprint density at radius 2 is 1.67 bits per heavy atom. The zero-order valence-electron chi connectivity index (χ0n) is 25.7. The summed E-state index contributed by atoms with van der Waals surface area (Å²) in [7, 11) is 1.56. The maximum Gasteiger partial charge on any atom is 0.247 e. The molecule has 2 aromatic heterocycles. The first-order valence-corrected chi connectivity index (χ1v) is 15.3. The second-order valence-corrected chi connectivity index (χ2v) is 11.2. The maximum absolute atomic E-state index is 14.5. The highest BCUT2D eigenvalue weighted by Gasteiger charge is 2.34. The summed E-state index contributed by atoms with van der Waals surface area (Å²) >= 11 is 0. The molecule has 0 N–H and O–H groups in total. The van der Waals surface area contributed by atoms with Gasteiger partial charge in [-0.15, -0.1) is 0 Å². The lowest BCUT2D eigenvalue weighted by Gasteiger charge is -2.37. The largest absolute Gasteiger partial charge is 0.481 e. The normalized spacial score (nSPS) is 13.2. The number of nitrogens with zero attached hydrogens (tertiary/aromatic N) is 5. The molecule has 5 aromatic rings. The van der Waals surface area contributed by atoms with Gasteiger partial charge in [-0.25, -0.2) is 4.98 Å². The van der Waals surface area contributed by atoms with E-state index in [1.807, 2.05) is 89.8 Å². The molecule has 0 spiro atoms. The highest BCUT2D eigenvalue weighted by molar-refractivity contribution is 5.95. The summed E-state index contributed by atoms with van der Waals surface area (Å²) in [5.41, 5.74) is 6.73. The number of carbonyl (C=O) groups is 2. The van der Waals surface area contributed by atoms with E-state index in [0.717, 1.165) is 39.9 Å². The Bertz CT molecular complexity index is 1790. The molecule has 0 saturated carbocycles. The molecule has 1 aliphatic heterocycles. The number of hydrogen-bond donors (Lipinski definition) is 0.